The summed E-state index contributed by atoms with van der Waals surface area (Å²) in [6, 6.07) is 16.7. The third-order valence-electron chi connectivity index (χ3n) is 3.96. The second kappa shape index (κ2) is 13.1. The quantitative estimate of drug-likeness (QED) is 0.184. The summed E-state index contributed by atoms with van der Waals surface area (Å²) in [5.41, 5.74) is 7.45. The highest BCUT2D eigenvalue weighted by molar-refractivity contribution is 7.98. The van der Waals surface area contributed by atoms with Crippen LogP contribution < -0.4 is 21.5 Å². The monoisotopic (exact) mass is 512 g/mol. The van der Waals surface area contributed by atoms with E-state index in [1.165, 1.54) is 0 Å². The molecule has 0 spiro atoms. The fraction of sp³-hybridized carbons (Fsp3) is 0.238. The van der Waals surface area contributed by atoms with E-state index < -0.39 is 12.7 Å². The summed E-state index contributed by atoms with van der Waals surface area (Å²) >= 11 is 11.8. The fourth-order valence-electron chi connectivity index (χ4n) is 2.49. The molecule has 0 aliphatic carbocycles. The Morgan fingerprint density at radius 1 is 0.848 bits per heavy atom. The van der Waals surface area contributed by atoms with Gasteiger partial charge in [-0.15, -0.1) is 11.8 Å². The minimum Gasteiger partial charge on any atom is -0.362 e. The van der Waals surface area contributed by atoms with E-state index in [9.17, 15) is 13.2 Å². The topological polar surface area (TPSA) is 72.8 Å². The first kappa shape index (κ1) is 26.6. The molecule has 176 valence electrons. The van der Waals surface area contributed by atoms with Crippen LogP contribution in [0, 0.1) is 0 Å². The van der Waals surface area contributed by atoms with Crippen molar-refractivity contribution in [1.82, 2.24) is 21.5 Å². The zero-order chi connectivity index (χ0) is 24.3. The van der Waals surface area contributed by atoms with Crippen LogP contribution in [0.15, 0.2) is 69.7 Å². The lowest BCUT2D eigenvalue weighted by Crippen LogP contribution is -2.39. The molecule has 0 unspecified atom stereocenters. The highest BCUT2D eigenvalue weighted by Crippen LogP contribution is 2.17. The molecular weight excluding hydrogens is 489 g/mol. The van der Waals surface area contributed by atoms with Gasteiger partial charge in [-0.3, -0.25) is 10.9 Å². The molecule has 0 saturated carbocycles. The maximum Gasteiger partial charge on any atom is 0.405 e. The van der Waals surface area contributed by atoms with Crippen molar-refractivity contribution in [2.45, 2.75) is 18.0 Å². The lowest BCUT2D eigenvalue weighted by molar-refractivity contribution is -0.122. The number of alkyl halides is 3. The van der Waals surface area contributed by atoms with Crippen molar-refractivity contribution in [2.24, 2.45) is 10.2 Å². The fourth-order valence-corrected chi connectivity index (χ4v) is 3.20. The molecule has 4 N–H and O–H groups in total. The summed E-state index contributed by atoms with van der Waals surface area (Å²) in [5, 5.41) is 13.8. The lowest BCUT2D eigenvalue weighted by atomic mass is 10.00. The minimum absolute atomic E-state index is 0.269. The number of benzene rings is 2. The van der Waals surface area contributed by atoms with Gasteiger partial charge in [-0.05, 0) is 49.7 Å². The molecule has 6 nitrogen and oxygen atoms in total. The van der Waals surface area contributed by atoms with Crippen LogP contribution in [0.25, 0.3) is 0 Å². The standard InChI is InChI=1S/C21H23F3N6S3/c1-3-25-19(31)29-28-18(15-9-11-16(33-2)12-10-15)17(14-7-5-4-6-8-14)27-30-20(32)26-13-21(22,23)24/h4-12H,3,13H2,1-2H3,(H2,25,29,31)(H2,26,30,32). The molecule has 0 heterocycles. The van der Waals surface area contributed by atoms with Gasteiger partial charge in [0.15, 0.2) is 10.2 Å². The van der Waals surface area contributed by atoms with Crippen molar-refractivity contribution in [2.75, 3.05) is 19.3 Å². The van der Waals surface area contributed by atoms with Crippen LogP contribution in [0.1, 0.15) is 18.1 Å². The predicted molar refractivity (Wildman–Crippen MR) is 137 cm³/mol. The summed E-state index contributed by atoms with van der Waals surface area (Å²) in [4.78, 5) is 1.06. The maximum absolute atomic E-state index is 12.5. The first-order valence-electron chi connectivity index (χ1n) is 9.73. The molecular formula is C21H23F3N6S3. The number of thioether (sulfide) groups is 1. The molecule has 0 aliphatic heterocycles. The second-order valence-corrected chi connectivity index (χ2v) is 8.09. The van der Waals surface area contributed by atoms with E-state index in [-0.39, 0.29) is 5.11 Å². The molecule has 0 fully saturated rings. The number of nitrogens with one attached hydrogen (secondary N) is 4. The zero-order valence-corrected chi connectivity index (χ0v) is 20.3. The Labute approximate surface area is 205 Å². The van der Waals surface area contributed by atoms with Gasteiger partial charge < -0.3 is 10.6 Å². The smallest absolute Gasteiger partial charge is 0.362 e. The summed E-state index contributed by atoms with van der Waals surface area (Å²) < 4.78 is 37.5. The van der Waals surface area contributed by atoms with Crippen molar-refractivity contribution in [3.63, 3.8) is 0 Å². The van der Waals surface area contributed by atoms with Gasteiger partial charge in [0.05, 0.1) is 0 Å². The number of thiocarbonyl (C=S) groups is 2. The van der Waals surface area contributed by atoms with Crippen LogP contribution in [-0.4, -0.2) is 47.2 Å². The Kier molecular flexibility index (Phi) is 10.6. The molecule has 0 aliphatic rings. The van der Waals surface area contributed by atoms with Gasteiger partial charge in [0.2, 0.25) is 0 Å². The van der Waals surface area contributed by atoms with E-state index in [4.69, 9.17) is 24.4 Å². The van der Waals surface area contributed by atoms with Gasteiger partial charge in [0.1, 0.15) is 18.0 Å². The molecule has 0 radical (unpaired) electrons. The summed E-state index contributed by atoms with van der Waals surface area (Å²) in [7, 11) is 0. The SMILES string of the molecule is CCNC(=S)NN=C(C(=NNC(=S)NCC(F)(F)F)c1ccccc1)c1ccc(SC)cc1. The second-order valence-electron chi connectivity index (χ2n) is 6.40. The van der Waals surface area contributed by atoms with E-state index in [0.717, 1.165) is 10.5 Å². The maximum atomic E-state index is 12.5. The summed E-state index contributed by atoms with van der Waals surface area (Å²) in [6.45, 7) is 1.24. The first-order chi connectivity index (χ1) is 15.7. The highest BCUT2D eigenvalue weighted by Gasteiger charge is 2.27. The van der Waals surface area contributed by atoms with Crippen LogP contribution >= 0.6 is 36.2 Å². The van der Waals surface area contributed by atoms with E-state index >= 15 is 0 Å². The summed E-state index contributed by atoms with van der Waals surface area (Å²) in [6.07, 6.45) is -2.44. The number of nitrogens with zero attached hydrogens (tertiary/aromatic N) is 2. The van der Waals surface area contributed by atoms with Crippen molar-refractivity contribution < 1.29 is 13.2 Å². The third-order valence-corrected chi connectivity index (χ3v) is 5.18. The molecule has 12 heteroatoms. The van der Waals surface area contributed by atoms with Crippen LogP contribution in [0.4, 0.5) is 13.2 Å². The Bertz CT molecular complexity index is 993. The molecule has 0 amide bonds. The predicted octanol–water partition coefficient (Wildman–Crippen LogP) is 4.03. The molecule has 2 aromatic carbocycles. The van der Waals surface area contributed by atoms with E-state index in [1.807, 2.05) is 55.6 Å². The molecule has 0 atom stereocenters. The number of hydrogen-bond donors (Lipinski definition) is 4. The molecule has 0 bridgehead atoms. The molecule has 0 saturated heterocycles. The third kappa shape index (κ3) is 9.36. The van der Waals surface area contributed by atoms with Gasteiger partial charge in [0.25, 0.3) is 0 Å². The van der Waals surface area contributed by atoms with Crippen LogP contribution in [0.2, 0.25) is 0 Å². The van der Waals surface area contributed by atoms with Crippen molar-refractivity contribution in [3.8, 4) is 0 Å². The Morgan fingerprint density at radius 2 is 1.36 bits per heavy atom. The van der Waals surface area contributed by atoms with E-state index in [2.05, 4.69) is 31.7 Å². The lowest BCUT2D eigenvalue weighted by Gasteiger charge is -2.14. The number of halogens is 3. The van der Waals surface area contributed by atoms with Crippen molar-refractivity contribution in [3.05, 3.63) is 65.7 Å². The molecule has 33 heavy (non-hydrogen) atoms. The first-order valence-corrected chi connectivity index (χ1v) is 11.8. The normalized spacial score (nSPS) is 12.2. The zero-order valence-electron chi connectivity index (χ0n) is 17.9. The Balaban J connectivity index is 2.46. The van der Waals surface area contributed by atoms with Gasteiger partial charge in [-0.25, -0.2) is 0 Å². The Hall–Kier alpha value is -2.70. The van der Waals surface area contributed by atoms with Gasteiger partial charge in [0, 0.05) is 22.6 Å². The molecule has 2 rings (SSSR count). The van der Waals surface area contributed by atoms with Gasteiger partial charge in [-0.1, -0.05) is 42.5 Å². The molecule has 2 aromatic rings. The van der Waals surface area contributed by atoms with Gasteiger partial charge >= 0.3 is 6.18 Å². The van der Waals surface area contributed by atoms with Gasteiger partial charge in [-0.2, -0.15) is 23.4 Å². The molecule has 0 aromatic heterocycles. The Morgan fingerprint density at radius 3 is 1.85 bits per heavy atom. The minimum atomic E-state index is -4.41. The van der Waals surface area contributed by atoms with Crippen LogP contribution in [0.3, 0.4) is 0 Å². The number of hydrogen-bond acceptors (Lipinski definition) is 5. The van der Waals surface area contributed by atoms with Crippen molar-refractivity contribution in [1.29, 1.82) is 0 Å². The number of hydrazone groups is 2. The summed E-state index contributed by atoms with van der Waals surface area (Å²) in [5.74, 6) is 0. The van der Waals surface area contributed by atoms with E-state index in [1.54, 1.807) is 23.9 Å². The average Bonchev–Trinajstić information content (AvgIpc) is 2.80. The highest BCUT2D eigenvalue weighted by atomic mass is 32.2. The number of rotatable bonds is 8. The van der Waals surface area contributed by atoms with Crippen LogP contribution in [-0.2, 0) is 0 Å². The van der Waals surface area contributed by atoms with Crippen LogP contribution in [0.5, 0.6) is 0 Å². The average molecular weight is 513 g/mol. The van der Waals surface area contributed by atoms with E-state index in [0.29, 0.717) is 28.6 Å². The largest absolute Gasteiger partial charge is 0.405 e. The van der Waals surface area contributed by atoms with Crippen molar-refractivity contribution >= 4 is 57.8 Å².